The maximum atomic E-state index is 5.61. The van der Waals surface area contributed by atoms with E-state index in [-0.39, 0.29) is 5.41 Å². The number of nitrogens with two attached hydrogens (primary N) is 1. The Morgan fingerprint density at radius 1 is 1.20 bits per heavy atom. The van der Waals surface area contributed by atoms with Crippen molar-refractivity contribution >= 4 is 16.9 Å². The van der Waals surface area contributed by atoms with Gasteiger partial charge in [0.15, 0.2) is 0 Å². The number of fused-ring (bicyclic) bond motifs is 1. The molecule has 78 valence electrons. The van der Waals surface area contributed by atoms with Crippen molar-refractivity contribution < 1.29 is 0 Å². The van der Waals surface area contributed by atoms with Crippen molar-refractivity contribution in [2.75, 3.05) is 5.73 Å². The Labute approximate surface area is 89.4 Å². The second kappa shape index (κ2) is 3.19. The van der Waals surface area contributed by atoms with Gasteiger partial charge in [0.2, 0.25) is 5.95 Å². The molecule has 1 aromatic heterocycles. The first-order valence-electron chi connectivity index (χ1n) is 5.00. The van der Waals surface area contributed by atoms with Crippen LogP contribution < -0.4 is 5.73 Å². The Morgan fingerprint density at radius 3 is 2.60 bits per heavy atom. The number of nitrogen functional groups attached to an aromatic ring is 1. The molecule has 15 heavy (non-hydrogen) atoms. The quantitative estimate of drug-likeness (QED) is 0.712. The third-order valence-corrected chi connectivity index (χ3v) is 2.44. The van der Waals surface area contributed by atoms with Crippen LogP contribution in [0.3, 0.4) is 0 Å². The van der Waals surface area contributed by atoms with E-state index in [1.54, 1.807) is 6.20 Å². The van der Waals surface area contributed by atoms with E-state index in [0.29, 0.717) is 5.95 Å². The lowest BCUT2D eigenvalue weighted by atomic mass is 9.86. The first kappa shape index (κ1) is 9.90. The van der Waals surface area contributed by atoms with E-state index in [1.165, 1.54) is 5.56 Å². The van der Waals surface area contributed by atoms with Gasteiger partial charge in [0.05, 0.1) is 5.52 Å². The van der Waals surface area contributed by atoms with Gasteiger partial charge in [-0.2, -0.15) is 0 Å². The maximum Gasteiger partial charge on any atom is 0.220 e. The topological polar surface area (TPSA) is 51.8 Å². The number of benzene rings is 1. The number of anilines is 1. The zero-order valence-corrected chi connectivity index (χ0v) is 9.28. The van der Waals surface area contributed by atoms with Gasteiger partial charge in [-0.1, -0.05) is 39.0 Å². The van der Waals surface area contributed by atoms with Crippen LogP contribution in [0.4, 0.5) is 5.95 Å². The average Bonchev–Trinajstić information content (AvgIpc) is 2.15. The van der Waals surface area contributed by atoms with E-state index in [0.717, 1.165) is 10.9 Å². The van der Waals surface area contributed by atoms with E-state index in [4.69, 9.17) is 5.73 Å². The molecular formula is C12H15N3. The van der Waals surface area contributed by atoms with Gasteiger partial charge in [0.1, 0.15) is 0 Å². The minimum Gasteiger partial charge on any atom is -0.368 e. The van der Waals surface area contributed by atoms with E-state index in [9.17, 15) is 0 Å². The summed E-state index contributed by atoms with van der Waals surface area (Å²) in [5.41, 5.74) is 7.84. The van der Waals surface area contributed by atoms with Crippen LogP contribution in [0.1, 0.15) is 26.3 Å². The molecule has 2 N–H and O–H groups in total. The van der Waals surface area contributed by atoms with Crippen LogP contribution in [0.2, 0.25) is 0 Å². The molecule has 0 fully saturated rings. The molecule has 0 aliphatic heterocycles. The fourth-order valence-corrected chi connectivity index (χ4v) is 1.67. The van der Waals surface area contributed by atoms with Gasteiger partial charge in [0.25, 0.3) is 0 Å². The number of rotatable bonds is 0. The molecule has 0 radical (unpaired) electrons. The average molecular weight is 201 g/mol. The van der Waals surface area contributed by atoms with E-state index >= 15 is 0 Å². The summed E-state index contributed by atoms with van der Waals surface area (Å²) in [5.74, 6) is 0.333. The Morgan fingerprint density at radius 2 is 1.93 bits per heavy atom. The predicted octanol–water partition coefficient (Wildman–Crippen LogP) is 2.51. The largest absolute Gasteiger partial charge is 0.368 e. The van der Waals surface area contributed by atoms with Gasteiger partial charge < -0.3 is 5.73 Å². The van der Waals surface area contributed by atoms with Crippen LogP contribution >= 0.6 is 0 Å². The molecule has 1 aromatic carbocycles. The highest BCUT2D eigenvalue weighted by molar-refractivity contribution is 5.82. The highest BCUT2D eigenvalue weighted by Crippen LogP contribution is 2.28. The molecule has 2 rings (SSSR count). The van der Waals surface area contributed by atoms with Crippen LogP contribution in [-0.4, -0.2) is 9.97 Å². The summed E-state index contributed by atoms with van der Waals surface area (Å²) >= 11 is 0. The van der Waals surface area contributed by atoms with Crippen molar-refractivity contribution in [3.05, 3.63) is 30.0 Å². The van der Waals surface area contributed by atoms with E-state index < -0.39 is 0 Å². The lowest BCUT2D eigenvalue weighted by molar-refractivity contribution is 0.594. The number of para-hydroxylation sites is 1. The summed E-state index contributed by atoms with van der Waals surface area (Å²) in [5, 5.41) is 1.04. The third-order valence-electron chi connectivity index (χ3n) is 2.44. The third kappa shape index (κ3) is 1.77. The van der Waals surface area contributed by atoms with Crippen molar-refractivity contribution in [1.29, 1.82) is 0 Å². The molecule has 0 bridgehead atoms. The van der Waals surface area contributed by atoms with Gasteiger partial charge in [-0.15, -0.1) is 0 Å². The van der Waals surface area contributed by atoms with Crippen LogP contribution in [-0.2, 0) is 5.41 Å². The summed E-state index contributed by atoms with van der Waals surface area (Å²) < 4.78 is 0. The standard InChI is InChI=1S/C12H15N3/c1-12(2,3)9-6-4-5-8-7-14-11(13)15-10(8)9/h4-7H,1-3H3,(H2,13,14,15). The van der Waals surface area contributed by atoms with Gasteiger partial charge in [-0.25, -0.2) is 9.97 Å². The fourth-order valence-electron chi connectivity index (χ4n) is 1.67. The molecule has 1 heterocycles. The first-order chi connectivity index (χ1) is 6.98. The highest BCUT2D eigenvalue weighted by Gasteiger charge is 2.17. The van der Waals surface area contributed by atoms with Crippen LogP contribution in [0, 0.1) is 0 Å². The summed E-state index contributed by atoms with van der Waals surface area (Å²) in [7, 11) is 0. The van der Waals surface area contributed by atoms with Crippen molar-refractivity contribution in [2.24, 2.45) is 0 Å². The minimum absolute atomic E-state index is 0.0697. The van der Waals surface area contributed by atoms with Crippen molar-refractivity contribution in [1.82, 2.24) is 9.97 Å². The Hall–Kier alpha value is -1.64. The van der Waals surface area contributed by atoms with Crippen LogP contribution in [0.25, 0.3) is 10.9 Å². The Kier molecular flexibility index (Phi) is 2.11. The van der Waals surface area contributed by atoms with Crippen LogP contribution in [0.5, 0.6) is 0 Å². The lowest BCUT2D eigenvalue weighted by Crippen LogP contribution is -2.12. The van der Waals surface area contributed by atoms with Gasteiger partial charge in [-0.3, -0.25) is 0 Å². The SMILES string of the molecule is CC(C)(C)c1cccc2cnc(N)nc12. The fraction of sp³-hybridized carbons (Fsp3) is 0.333. The molecular weight excluding hydrogens is 186 g/mol. The van der Waals surface area contributed by atoms with Crippen molar-refractivity contribution in [3.63, 3.8) is 0 Å². The second-order valence-corrected chi connectivity index (χ2v) is 4.72. The lowest BCUT2D eigenvalue weighted by Gasteiger charge is -2.20. The van der Waals surface area contributed by atoms with Gasteiger partial charge >= 0.3 is 0 Å². The molecule has 0 aliphatic carbocycles. The minimum atomic E-state index is 0.0697. The molecule has 2 aromatic rings. The van der Waals surface area contributed by atoms with Crippen molar-refractivity contribution in [3.8, 4) is 0 Å². The van der Waals surface area contributed by atoms with Crippen LogP contribution in [0.15, 0.2) is 24.4 Å². The van der Waals surface area contributed by atoms with Crippen molar-refractivity contribution in [2.45, 2.75) is 26.2 Å². The monoisotopic (exact) mass is 201 g/mol. The molecule has 0 spiro atoms. The highest BCUT2D eigenvalue weighted by atomic mass is 15.0. The number of hydrogen-bond acceptors (Lipinski definition) is 3. The summed E-state index contributed by atoms with van der Waals surface area (Å²) in [6.07, 6.45) is 1.77. The zero-order chi connectivity index (χ0) is 11.1. The summed E-state index contributed by atoms with van der Waals surface area (Å²) in [6, 6.07) is 6.13. The summed E-state index contributed by atoms with van der Waals surface area (Å²) in [4.78, 5) is 8.31. The normalized spacial score (nSPS) is 11.9. The smallest absolute Gasteiger partial charge is 0.220 e. The molecule has 0 amide bonds. The second-order valence-electron chi connectivity index (χ2n) is 4.72. The molecule has 0 saturated carbocycles. The van der Waals surface area contributed by atoms with Gasteiger partial charge in [0, 0.05) is 11.6 Å². The number of aromatic nitrogens is 2. The molecule has 3 heteroatoms. The zero-order valence-electron chi connectivity index (χ0n) is 9.28. The first-order valence-corrected chi connectivity index (χ1v) is 5.00. The number of nitrogens with zero attached hydrogens (tertiary/aromatic N) is 2. The maximum absolute atomic E-state index is 5.61. The Bertz CT molecular complexity index is 498. The molecule has 0 unspecified atom stereocenters. The number of hydrogen-bond donors (Lipinski definition) is 1. The molecule has 0 aliphatic rings. The predicted molar refractivity (Wildman–Crippen MR) is 62.7 cm³/mol. The molecule has 0 atom stereocenters. The van der Waals surface area contributed by atoms with Gasteiger partial charge in [-0.05, 0) is 11.0 Å². The van der Waals surface area contributed by atoms with E-state index in [2.05, 4.69) is 36.8 Å². The summed E-state index contributed by atoms with van der Waals surface area (Å²) in [6.45, 7) is 6.50. The molecule has 3 nitrogen and oxygen atoms in total. The molecule has 0 saturated heterocycles. The van der Waals surface area contributed by atoms with E-state index in [1.807, 2.05) is 12.1 Å². The Balaban J connectivity index is 2.80.